The molecule has 0 aliphatic carbocycles. The molecular formula is C8H15NO5S. The second kappa shape index (κ2) is 6.54. The molecule has 0 radical (unpaired) electrons. The Morgan fingerprint density at radius 3 is 2.73 bits per heavy atom. The molecule has 0 aromatic heterocycles. The third-order valence-corrected chi connectivity index (χ3v) is 2.28. The van der Waals surface area contributed by atoms with Gasteiger partial charge in [-0.15, -0.1) is 0 Å². The van der Waals surface area contributed by atoms with Crippen LogP contribution in [0.25, 0.3) is 0 Å². The van der Waals surface area contributed by atoms with Gasteiger partial charge in [0, 0.05) is 6.08 Å². The number of ether oxygens (including phenoxy) is 1. The summed E-state index contributed by atoms with van der Waals surface area (Å²) in [6, 6.07) is 0. The Balaban J connectivity index is 3.60. The van der Waals surface area contributed by atoms with Gasteiger partial charge in [0.05, 0.1) is 5.75 Å². The van der Waals surface area contributed by atoms with E-state index in [1.807, 2.05) is 0 Å². The summed E-state index contributed by atoms with van der Waals surface area (Å²) in [7, 11) is -3.91. The van der Waals surface area contributed by atoms with Crippen LogP contribution in [0, 0.1) is 0 Å². The van der Waals surface area contributed by atoms with Crippen LogP contribution in [0.4, 0.5) is 0 Å². The summed E-state index contributed by atoms with van der Waals surface area (Å²) in [5.74, 6) is -0.868. The van der Waals surface area contributed by atoms with Crippen LogP contribution in [0.2, 0.25) is 0 Å². The molecule has 0 aliphatic heterocycles. The van der Waals surface area contributed by atoms with Gasteiger partial charge in [-0.2, -0.15) is 8.42 Å². The van der Waals surface area contributed by atoms with Gasteiger partial charge in [0.25, 0.3) is 10.1 Å². The van der Waals surface area contributed by atoms with Crippen LogP contribution in [0.15, 0.2) is 12.7 Å². The van der Waals surface area contributed by atoms with Gasteiger partial charge in [-0.1, -0.05) is 6.58 Å². The molecule has 0 heterocycles. The van der Waals surface area contributed by atoms with Crippen LogP contribution in [-0.2, 0) is 19.6 Å². The van der Waals surface area contributed by atoms with Gasteiger partial charge >= 0.3 is 5.97 Å². The van der Waals surface area contributed by atoms with E-state index in [0.29, 0.717) is 6.54 Å². The second-order valence-electron chi connectivity index (χ2n) is 2.88. The summed E-state index contributed by atoms with van der Waals surface area (Å²) in [4.78, 5) is 10.7. The molecule has 1 unspecified atom stereocenters. The fourth-order valence-electron chi connectivity index (χ4n) is 0.824. The van der Waals surface area contributed by atoms with Crippen LogP contribution in [0.1, 0.15) is 13.3 Å². The lowest BCUT2D eigenvalue weighted by molar-refractivity contribution is -0.143. The molecule has 0 aliphatic rings. The minimum atomic E-state index is -3.91. The molecule has 6 nitrogen and oxygen atoms in total. The molecule has 0 fully saturated rings. The van der Waals surface area contributed by atoms with Gasteiger partial charge < -0.3 is 4.74 Å². The standard InChI is InChI=1S/C8H15NO5S/c1-3-8(10)14-7(2)9-5-4-6-15(11,12)13/h3,7,9H,1,4-6H2,2H3,(H,11,12,13). The number of hydrogen-bond donors (Lipinski definition) is 2. The third-order valence-electron chi connectivity index (χ3n) is 1.47. The van der Waals surface area contributed by atoms with Crippen molar-refractivity contribution in [2.75, 3.05) is 12.3 Å². The van der Waals surface area contributed by atoms with Crippen LogP contribution in [-0.4, -0.2) is 37.5 Å². The molecule has 2 N–H and O–H groups in total. The second-order valence-corrected chi connectivity index (χ2v) is 4.45. The summed E-state index contributed by atoms with van der Waals surface area (Å²) in [5, 5.41) is 2.75. The first kappa shape index (κ1) is 14.1. The Bertz CT molecular complexity index is 311. The van der Waals surface area contributed by atoms with E-state index < -0.39 is 22.3 Å². The normalized spacial score (nSPS) is 13.2. The van der Waals surface area contributed by atoms with Crippen molar-refractivity contribution < 1.29 is 22.5 Å². The lowest BCUT2D eigenvalue weighted by Gasteiger charge is -2.13. The minimum Gasteiger partial charge on any atom is -0.444 e. The first-order valence-corrected chi connectivity index (χ1v) is 5.97. The van der Waals surface area contributed by atoms with Crippen LogP contribution >= 0.6 is 0 Å². The largest absolute Gasteiger partial charge is 0.444 e. The molecular weight excluding hydrogens is 222 g/mol. The molecule has 0 bridgehead atoms. The van der Waals surface area contributed by atoms with Crippen LogP contribution in [0.5, 0.6) is 0 Å². The zero-order valence-corrected chi connectivity index (χ0v) is 9.29. The number of hydrogen-bond acceptors (Lipinski definition) is 5. The highest BCUT2D eigenvalue weighted by atomic mass is 32.2. The van der Waals surface area contributed by atoms with E-state index >= 15 is 0 Å². The van der Waals surface area contributed by atoms with Crippen molar-refractivity contribution in [3.8, 4) is 0 Å². The zero-order chi connectivity index (χ0) is 11.9. The fourth-order valence-corrected chi connectivity index (χ4v) is 1.33. The molecule has 0 rings (SSSR count). The lowest BCUT2D eigenvalue weighted by Crippen LogP contribution is -2.32. The fraction of sp³-hybridized carbons (Fsp3) is 0.625. The molecule has 15 heavy (non-hydrogen) atoms. The van der Waals surface area contributed by atoms with Gasteiger partial charge in [0.2, 0.25) is 0 Å². The number of rotatable bonds is 7. The van der Waals surface area contributed by atoms with Gasteiger partial charge in [-0.05, 0) is 19.9 Å². The van der Waals surface area contributed by atoms with Crippen LogP contribution in [0.3, 0.4) is 0 Å². The highest BCUT2D eigenvalue weighted by molar-refractivity contribution is 7.85. The Labute approximate surface area is 89.1 Å². The third kappa shape index (κ3) is 9.39. The summed E-state index contributed by atoms with van der Waals surface area (Å²) in [6.45, 7) is 5.16. The molecule has 0 aromatic carbocycles. The smallest absolute Gasteiger partial charge is 0.331 e. The van der Waals surface area contributed by atoms with Crippen molar-refractivity contribution in [3.63, 3.8) is 0 Å². The monoisotopic (exact) mass is 237 g/mol. The van der Waals surface area contributed by atoms with Gasteiger partial charge in [-0.3, -0.25) is 9.87 Å². The van der Waals surface area contributed by atoms with Crippen molar-refractivity contribution in [1.82, 2.24) is 5.32 Å². The number of nitrogens with one attached hydrogen (secondary N) is 1. The van der Waals surface area contributed by atoms with Crippen molar-refractivity contribution >= 4 is 16.1 Å². The maximum atomic E-state index is 10.7. The van der Waals surface area contributed by atoms with E-state index in [1.165, 1.54) is 0 Å². The molecule has 0 saturated heterocycles. The predicted octanol–water partition coefficient (Wildman–Crippen LogP) is -0.0709. The van der Waals surface area contributed by atoms with E-state index in [9.17, 15) is 13.2 Å². The quantitative estimate of drug-likeness (QED) is 0.212. The van der Waals surface area contributed by atoms with Crippen molar-refractivity contribution in [1.29, 1.82) is 0 Å². The van der Waals surface area contributed by atoms with Gasteiger partial charge in [0.1, 0.15) is 0 Å². The lowest BCUT2D eigenvalue weighted by atomic mass is 10.4. The van der Waals surface area contributed by atoms with Crippen LogP contribution < -0.4 is 5.32 Å². The highest BCUT2D eigenvalue weighted by Gasteiger charge is 2.07. The van der Waals surface area contributed by atoms with Gasteiger partial charge in [-0.25, -0.2) is 4.79 Å². The first-order chi connectivity index (χ1) is 6.85. The molecule has 0 saturated carbocycles. The number of carbonyl (C=O) groups is 1. The van der Waals surface area contributed by atoms with E-state index in [-0.39, 0.29) is 12.2 Å². The van der Waals surface area contributed by atoms with Crippen molar-refractivity contribution in [2.24, 2.45) is 0 Å². The highest BCUT2D eigenvalue weighted by Crippen LogP contribution is 1.91. The summed E-state index contributed by atoms with van der Waals surface area (Å²) < 4.78 is 33.8. The Kier molecular flexibility index (Phi) is 6.14. The Morgan fingerprint density at radius 2 is 2.27 bits per heavy atom. The molecule has 1 atom stereocenters. The van der Waals surface area contributed by atoms with E-state index in [2.05, 4.69) is 11.9 Å². The van der Waals surface area contributed by atoms with E-state index in [4.69, 9.17) is 9.29 Å². The topological polar surface area (TPSA) is 92.7 Å². The van der Waals surface area contributed by atoms with Gasteiger partial charge in [0.15, 0.2) is 6.23 Å². The SMILES string of the molecule is C=CC(=O)OC(C)NCCCS(=O)(=O)O. The van der Waals surface area contributed by atoms with E-state index in [1.54, 1.807) is 6.92 Å². The Hall–Kier alpha value is -0.920. The van der Waals surface area contributed by atoms with E-state index in [0.717, 1.165) is 6.08 Å². The number of carbonyl (C=O) groups excluding carboxylic acids is 1. The molecule has 88 valence electrons. The summed E-state index contributed by atoms with van der Waals surface area (Å²) >= 11 is 0. The molecule has 0 aromatic rings. The maximum absolute atomic E-state index is 10.7. The molecule has 0 spiro atoms. The maximum Gasteiger partial charge on any atom is 0.331 e. The molecule has 7 heteroatoms. The Morgan fingerprint density at radius 1 is 1.67 bits per heavy atom. The molecule has 0 amide bonds. The van der Waals surface area contributed by atoms with Crippen molar-refractivity contribution in [3.05, 3.63) is 12.7 Å². The van der Waals surface area contributed by atoms with Crippen molar-refractivity contribution in [2.45, 2.75) is 19.6 Å². The zero-order valence-electron chi connectivity index (χ0n) is 8.47. The predicted molar refractivity (Wildman–Crippen MR) is 54.8 cm³/mol. The summed E-state index contributed by atoms with van der Waals surface area (Å²) in [6.07, 6.45) is 0.766. The first-order valence-electron chi connectivity index (χ1n) is 4.37. The average Bonchev–Trinajstić information content (AvgIpc) is 2.11. The average molecular weight is 237 g/mol. The summed E-state index contributed by atoms with van der Waals surface area (Å²) in [5.41, 5.74) is 0. The minimum absolute atomic E-state index is 0.245. The number of esters is 1.